The van der Waals surface area contributed by atoms with E-state index < -0.39 is 0 Å². The molecule has 106 valence electrons. The van der Waals surface area contributed by atoms with Crippen molar-refractivity contribution in [2.75, 3.05) is 20.3 Å². The van der Waals surface area contributed by atoms with Crippen molar-refractivity contribution in [3.8, 4) is 0 Å². The highest BCUT2D eigenvalue weighted by Gasteiger charge is 2.43. The summed E-state index contributed by atoms with van der Waals surface area (Å²) in [7, 11) is 1.68. The van der Waals surface area contributed by atoms with Gasteiger partial charge in [-0.15, -0.1) is 10.2 Å². The fourth-order valence-corrected chi connectivity index (χ4v) is 2.23. The lowest BCUT2D eigenvalue weighted by atomic mass is 10.1. The van der Waals surface area contributed by atoms with Crippen molar-refractivity contribution in [2.24, 2.45) is 5.41 Å². The van der Waals surface area contributed by atoms with Gasteiger partial charge in [-0.05, 0) is 25.8 Å². The molecule has 0 atom stereocenters. The minimum absolute atomic E-state index is 0.111. The third-order valence-corrected chi connectivity index (χ3v) is 3.65. The van der Waals surface area contributed by atoms with Crippen molar-refractivity contribution in [3.63, 3.8) is 0 Å². The van der Waals surface area contributed by atoms with Crippen LogP contribution in [0.3, 0.4) is 0 Å². The fraction of sp³-hybridized carbons (Fsp3) is 0.538. The van der Waals surface area contributed by atoms with Crippen LogP contribution in [0.25, 0.3) is 5.78 Å². The van der Waals surface area contributed by atoms with Gasteiger partial charge in [0.15, 0.2) is 0 Å². The molecule has 1 aliphatic carbocycles. The van der Waals surface area contributed by atoms with Gasteiger partial charge >= 0.3 is 0 Å². The number of nitrogens with zero attached hydrogens (tertiary/aromatic N) is 4. The molecule has 7 heteroatoms. The van der Waals surface area contributed by atoms with Crippen molar-refractivity contribution >= 4 is 11.7 Å². The first-order valence-corrected chi connectivity index (χ1v) is 6.59. The molecule has 0 radical (unpaired) electrons. The largest absolute Gasteiger partial charge is 0.384 e. The maximum atomic E-state index is 12.2. The molecular weight excluding hydrogens is 258 g/mol. The Hall–Kier alpha value is -2.02. The Bertz CT molecular complexity index is 647. The summed E-state index contributed by atoms with van der Waals surface area (Å²) in [6.45, 7) is 3.15. The third kappa shape index (κ3) is 2.36. The topological polar surface area (TPSA) is 81.4 Å². The van der Waals surface area contributed by atoms with Gasteiger partial charge in [0.1, 0.15) is 0 Å². The lowest BCUT2D eigenvalue weighted by molar-refractivity contribution is 0.0908. The van der Waals surface area contributed by atoms with Crippen molar-refractivity contribution < 1.29 is 9.53 Å². The maximum Gasteiger partial charge on any atom is 0.289 e. The Morgan fingerprint density at radius 3 is 3.00 bits per heavy atom. The Labute approximate surface area is 116 Å². The first-order chi connectivity index (χ1) is 9.63. The molecule has 20 heavy (non-hydrogen) atoms. The molecule has 3 rings (SSSR count). The lowest BCUT2D eigenvalue weighted by Gasteiger charge is -2.14. The molecule has 0 spiro atoms. The number of hydrogen-bond acceptors (Lipinski definition) is 5. The minimum Gasteiger partial charge on any atom is -0.384 e. The van der Waals surface area contributed by atoms with Gasteiger partial charge in [0.2, 0.25) is 5.82 Å². The zero-order valence-corrected chi connectivity index (χ0v) is 11.6. The zero-order chi connectivity index (χ0) is 14.2. The first-order valence-electron chi connectivity index (χ1n) is 6.59. The number of methoxy groups -OCH3 is 1. The van der Waals surface area contributed by atoms with Gasteiger partial charge in [0, 0.05) is 31.0 Å². The molecule has 2 aromatic rings. The predicted octanol–water partition coefficient (Wildman–Crippen LogP) is 0.589. The van der Waals surface area contributed by atoms with Gasteiger partial charge in [-0.25, -0.2) is 4.98 Å². The number of carbonyl (C=O) groups is 1. The molecule has 2 aromatic heterocycles. The molecule has 0 aliphatic heterocycles. The van der Waals surface area contributed by atoms with E-state index >= 15 is 0 Å². The second kappa shape index (κ2) is 4.82. The van der Waals surface area contributed by atoms with E-state index in [1.165, 1.54) is 0 Å². The molecule has 0 saturated heterocycles. The second-order valence-electron chi connectivity index (χ2n) is 5.38. The zero-order valence-electron chi connectivity index (χ0n) is 11.6. The first kappa shape index (κ1) is 13.0. The summed E-state index contributed by atoms with van der Waals surface area (Å²) in [4.78, 5) is 16.4. The quantitative estimate of drug-likeness (QED) is 0.863. The number of rotatable bonds is 5. The van der Waals surface area contributed by atoms with Gasteiger partial charge in [-0.2, -0.15) is 0 Å². The monoisotopic (exact) mass is 275 g/mol. The highest BCUT2D eigenvalue weighted by atomic mass is 16.5. The summed E-state index contributed by atoms with van der Waals surface area (Å²) >= 11 is 0. The molecular formula is C13H17N5O2. The van der Waals surface area contributed by atoms with Gasteiger partial charge in [0.25, 0.3) is 11.7 Å². The summed E-state index contributed by atoms with van der Waals surface area (Å²) in [6, 6.07) is 1.82. The van der Waals surface area contributed by atoms with Crippen LogP contribution in [0.5, 0.6) is 0 Å². The average molecular weight is 275 g/mol. The van der Waals surface area contributed by atoms with Crippen LogP contribution in [0.1, 0.15) is 29.2 Å². The molecule has 0 unspecified atom stereocenters. The van der Waals surface area contributed by atoms with E-state index in [1.807, 2.05) is 13.0 Å². The maximum absolute atomic E-state index is 12.2. The standard InChI is InChI=1S/C13H17N5O2/c1-9-3-6-18-10(16-17-12(18)15-9)11(19)14-7-13(4-5-13)8-20-2/h3,6H,4-5,7-8H2,1-2H3,(H,14,19). The summed E-state index contributed by atoms with van der Waals surface area (Å²) in [5.74, 6) is 0.472. The molecule has 0 bridgehead atoms. The molecule has 1 fully saturated rings. The number of nitrogens with one attached hydrogen (secondary N) is 1. The van der Waals surface area contributed by atoms with E-state index in [1.54, 1.807) is 17.7 Å². The Balaban J connectivity index is 1.73. The van der Waals surface area contributed by atoms with E-state index in [4.69, 9.17) is 4.74 Å². The van der Waals surface area contributed by atoms with Crippen LogP contribution in [0.4, 0.5) is 0 Å². The number of fused-ring (bicyclic) bond motifs is 1. The lowest BCUT2D eigenvalue weighted by Crippen LogP contribution is -2.33. The van der Waals surface area contributed by atoms with E-state index in [2.05, 4.69) is 20.5 Å². The Morgan fingerprint density at radius 2 is 2.30 bits per heavy atom. The highest BCUT2D eigenvalue weighted by Crippen LogP contribution is 2.45. The molecule has 7 nitrogen and oxygen atoms in total. The van der Waals surface area contributed by atoms with Crippen LogP contribution in [0.2, 0.25) is 0 Å². The van der Waals surface area contributed by atoms with E-state index in [9.17, 15) is 4.79 Å². The Morgan fingerprint density at radius 1 is 1.50 bits per heavy atom. The molecule has 2 heterocycles. The summed E-state index contributed by atoms with van der Waals surface area (Å²) < 4.78 is 6.78. The summed E-state index contributed by atoms with van der Waals surface area (Å²) in [6.07, 6.45) is 3.93. The highest BCUT2D eigenvalue weighted by molar-refractivity contribution is 5.91. The van der Waals surface area contributed by atoms with Crippen LogP contribution in [0.15, 0.2) is 12.3 Å². The number of aromatic nitrogens is 4. The van der Waals surface area contributed by atoms with E-state index in [0.29, 0.717) is 18.9 Å². The molecule has 1 aliphatic rings. The van der Waals surface area contributed by atoms with Gasteiger partial charge < -0.3 is 10.1 Å². The van der Waals surface area contributed by atoms with Crippen molar-refractivity contribution in [2.45, 2.75) is 19.8 Å². The molecule has 0 aromatic carbocycles. The van der Waals surface area contributed by atoms with Gasteiger partial charge in [-0.1, -0.05) is 0 Å². The SMILES string of the molecule is COCC1(CNC(=O)c2nnc3nc(C)ccn23)CC1. The average Bonchev–Trinajstić information content (AvgIpc) is 3.07. The van der Waals surface area contributed by atoms with Crippen LogP contribution < -0.4 is 5.32 Å². The number of aryl methyl sites for hydroxylation is 1. The second-order valence-corrected chi connectivity index (χ2v) is 5.38. The smallest absolute Gasteiger partial charge is 0.289 e. The summed E-state index contributed by atoms with van der Waals surface area (Å²) in [5.41, 5.74) is 0.952. The molecule has 1 N–H and O–H groups in total. The third-order valence-electron chi connectivity index (χ3n) is 3.65. The van der Waals surface area contributed by atoms with Gasteiger partial charge in [0.05, 0.1) is 6.61 Å². The van der Waals surface area contributed by atoms with Crippen LogP contribution in [0, 0.1) is 12.3 Å². The van der Waals surface area contributed by atoms with Crippen molar-refractivity contribution in [3.05, 3.63) is 23.8 Å². The van der Waals surface area contributed by atoms with E-state index in [0.717, 1.165) is 18.5 Å². The number of amides is 1. The number of carbonyl (C=O) groups excluding carboxylic acids is 1. The summed E-state index contributed by atoms with van der Waals surface area (Å²) in [5, 5.41) is 10.7. The van der Waals surface area contributed by atoms with Crippen molar-refractivity contribution in [1.29, 1.82) is 0 Å². The van der Waals surface area contributed by atoms with Gasteiger partial charge in [-0.3, -0.25) is 9.20 Å². The number of ether oxygens (including phenoxy) is 1. The molecule has 1 saturated carbocycles. The van der Waals surface area contributed by atoms with Crippen LogP contribution >= 0.6 is 0 Å². The van der Waals surface area contributed by atoms with Crippen LogP contribution in [-0.4, -0.2) is 45.8 Å². The number of hydrogen-bond donors (Lipinski definition) is 1. The van der Waals surface area contributed by atoms with E-state index in [-0.39, 0.29) is 17.1 Å². The van der Waals surface area contributed by atoms with Crippen LogP contribution in [-0.2, 0) is 4.74 Å². The van der Waals surface area contributed by atoms with Crippen molar-refractivity contribution in [1.82, 2.24) is 24.9 Å². The molecule has 1 amide bonds. The predicted molar refractivity (Wildman–Crippen MR) is 71.4 cm³/mol. The fourth-order valence-electron chi connectivity index (χ4n) is 2.23. The Kier molecular flexibility index (Phi) is 3.13. The normalized spacial score (nSPS) is 16.3. The minimum atomic E-state index is -0.231.